The second-order valence-corrected chi connectivity index (χ2v) is 7.23. The molecule has 7 heteroatoms. The maximum atomic E-state index is 13.9. The maximum Gasteiger partial charge on any atom is 0.336 e. The molecule has 0 unspecified atom stereocenters. The molecule has 1 N–H and O–H groups in total. The van der Waals surface area contributed by atoms with Crippen LogP contribution in [-0.2, 0) is 6.54 Å². The summed E-state index contributed by atoms with van der Waals surface area (Å²) in [6.45, 7) is 4.40. The highest BCUT2D eigenvalue weighted by molar-refractivity contribution is 5.94. The first-order valence-electron chi connectivity index (χ1n) is 9.45. The van der Waals surface area contributed by atoms with Gasteiger partial charge < -0.3 is 14.4 Å². The third-order valence-corrected chi connectivity index (χ3v) is 5.38. The fraction of sp³-hybridized carbons (Fsp3) is 0.273. The van der Waals surface area contributed by atoms with Crippen molar-refractivity contribution in [3.63, 3.8) is 0 Å². The first-order chi connectivity index (χ1) is 13.9. The molecule has 2 aromatic carbocycles. The molecular formula is C22H21FN2O4. The Balaban J connectivity index is 1.49. The molecule has 6 nitrogen and oxygen atoms in total. The Labute approximate surface area is 166 Å². The SMILES string of the molecule is Cc1c(O)ccc2c(CN3CCN(C(=O)c4ccccc4F)CC3)cc(=O)oc12. The largest absolute Gasteiger partial charge is 0.508 e. The van der Waals surface area contributed by atoms with Gasteiger partial charge in [0.1, 0.15) is 17.1 Å². The molecular weight excluding hydrogens is 375 g/mol. The molecule has 1 fully saturated rings. The van der Waals surface area contributed by atoms with Crippen LogP contribution in [0.25, 0.3) is 11.0 Å². The summed E-state index contributed by atoms with van der Waals surface area (Å²) < 4.78 is 19.2. The van der Waals surface area contributed by atoms with Crippen molar-refractivity contribution in [1.29, 1.82) is 0 Å². The molecule has 1 amide bonds. The lowest BCUT2D eigenvalue weighted by atomic mass is 10.1. The Morgan fingerprint density at radius 2 is 1.86 bits per heavy atom. The summed E-state index contributed by atoms with van der Waals surface area (Å²) >= 11 is 0. The van der Waals surface area contributed by atoms with Gasteiger partial charge in [-0.25, -0.2) is 9.18 Å². The average molecular weight is 396 g/mol. The van der Waals surface area contributed by atoms with Gasteiger partial charge in [-0.3, -0.25) is 9.69 Å². The van der Waals surface area contributed by atoms with E-state index in [0.717, 1.165) is 10.9 Å². The lowest BCUT2D eigenvalue weighted by molar-refractivity contribution is 0.0624. The van der Waals surface area contributed by atoms with E-state index in [2.05, 4.69) is 4.90 Å². The van der Waals surface area contributed by atoms with Crippen molar-refractivity contribution in [2.45, 2.75) is 13.5 Å². The van der Waals surface area contributed by atoms with E-state index >= 15 is 0 Å². The Kier molecular flexibility index (Phi) is 5.07. The predicted molar refractivity (Wildman–Crippen MR) is 106 cm³/mol. The van der Waals surface area contributed by atoms with Crippen LogP contribution < -0.4 is 5.63 Å². The lowest BCUT2D eigenvalue weighted by Crippen LogP contribution is -2.48. The Morgan fingerprint density at radius 3 is 2.59 bits per heavy atom. The minimum Gasteiger partial charge on any atom is -0.508 e. The topological polar surface area (TPSA) is 74.0 Å². The minimum absolute atomic E-state index is 0.0815. The molecule has 2 heterocycles. The van der Waals surface area contributed by atoms with Crippen molar-refractivity contribution >= 4 is 16.9 Å². The molecule has 1 saturated heterocycles. The molecule has 0 bridgehead atoms. The monoisotopic (exact) mass is 396 g/mol. The summed E-state index contributed by atoms with van der Waals surface area (Å²) in [6, 6.07) is 10.8. The predicted octanol–water partition coefficient (Wildman–Crippen LogP) is 2.90. The van der Waals surface area contributed by atoms with E-state index in [4.69, 9.17) is 4.42 Å². The zero-order chi connectivity index (χ0) is 20.5. The summed E-state index contributed by atoms with van der Waals surface area (Å²) in [5.41, 5.74) is 1.35. The molecule has 0 atom stereocenters. The van der Waals surface area contributed by atoms with E-state index in [1.807, 2.05) is 0 Å². The van der Waals surface area contributed by atoms with Crippen molar-refractivity contribution in [1.82, 2.24) is 9.80 Å². The fourth-order valence-electron chi connectivity index (χ4n) is 3.70. The highest BCUT2D eigenvalue weighted by Crippen LogP contribution is 2.28. The van der Waals surface area contributed by atoms with Gasteiger partial charge in [0.15, 0.2) is 0 Å². The molecule has 1 aliphatic rings. The zero-order valence-corrected chi connectivity index (χ0v) is 16.0. The van der Waals surface area contributed by atoms with Crippen LogP contribution in [-0.4, -0.2) is 47.0 Å². The Morgan fingerprint density at radius 1 is 1.14 bits per heavy atom. The fourth-order valence-corrected chi connectivity index (χ4v) is 3.70. The van der Waals surface area contributed by atoms with Crippen LogP contribution in [0.3, 0.4) is 0 Å². The van der Waals surface area contributed by atoms with Gasteiger partial charge in [0.2, 0.25) is 0 Å². The van der Waals surface area contributed by atoms with E-state index in [-0.39, 0.29) is 17.2 Å². The number of halogens is 1. The van der Waals surface area contributed by atoms with Gasteiger partial charge in [0, 0.05) is 49.7 Å². The van der Waals surface area contributed by atoms with E-state index in [1.54, 1.807) is 36.1 Å². The maximum absolute atomic E-state index is 13.9. The molecule has 0 radical (unpaired) electrons. The van der Waals surface area contributed by atoms with E-state index in [1.165, 1.54) is 18.2 Å². The summed E-state index contributed by atoms with van der Waals surface area (Å²) in [6.07, 6.45) is 0. The summed E-state index contributed by atoms with van der Waals surface area (Å²) in [4.78, 5) is 28.3. The smallest absolute Gasteiger partial charge is 0.336 e. The number of amides is 1. The highest BCUT2D eigenvalue weighted by atomic mass is 19.1. The van der Waals surface area contributed by atoms with Crippen LogP contribution in [0, 0.1) is 12.7 Å². The van der Waals surface area contributed by atoms with Crippen LogP contribution in [0.5, 0.6) is 5.75 Å². The third-order valence-electron chi connectivity index (χ3n) is 5.38. The number of rotatable bonds is 3. The second-order valence-electron chi connectivity index (χ2n) is 7.23. The molecule has 1 aliphatic heterocycles. The Hall–Kier alpha value is -3.19. The number of aromatic hydroxyl groups is 1. The van der Waals surface area contributed by atoms with Crippen molar-refractivity contribution < 1.29 is 18.7 Å². The molecule has 150 valence electrons. The molecule has 4 rings (SSSR count). The van der Waals surface area contributed by atoms with Gasteiger partial charge in [-0.15, -0.1) is 0 Å². The number of phenolic OH excluding ortho intramolecular Hbond substituents is 1. The van der Waals surface area contributed by atoms with Gasteiger partial charge in [0.25, 0.3) is 5.91 Å². The van der Waals surface area contributed by atoms with Gasteiger partial charge >= 0.3 is 5.63 Å². The number of carbonyl (C=O) groups is 1. The van der Waals surface area contributed by atoms with Crippen LogP contribution in [0.1, 0.15) is 21.5 Å². The van der Waals surface area contributed by atoms with Gasteiger partial charge in [-0.05, 0) is 36.8 Å². The van der Waals surface area contributed by atoms with E-state index < -0.39 is 11.4 Å². The number of benzene rings is 2. The number of carbonyl (C=O) groups excluding carboxylic acids is 1. The molecule has 0 aliphatic carbocycles. The molecule has 0 spiro atoms. The molecule has 1 aromatic heterocycles. The quantitative estimate of drug-likeness (QED) is 0.689. The molecule has 29 heavy (non-hydrogen) atoms. The standard InChI is InChI=1S/C22H21FN2O4/c1-14-19(26)7-6-16-15(12-20(27)29-21(14)16)13-24-8-10-25(11-9-24)22(28)17-4-2-3-5-18(17)23/h2-7,12,26H,8-11,13H2,1H3. The Bertz CT molecular complexity index is 1130. The number of aryl methyl sites for hydroxylation is 1. The first kappa shape index (κ1) is 19.1. The highest BCUT2D eigenvalue weighted by Gasteiger charge is 2.24. The van der Waals surface area contributed by atoms with E-state index in [0.29, 0.717) is 43.9 Å². The average Bonchev–Trinajstić information content (AvgIpc) is 2.71. The molecule has 3 aromatic rings. The number of phenols is 1. The zero-order valence-electron chi connectivity index (χ0n) is 16.0. The lowest BCUT2D eigenvalue weighted by Gasteiger charge is -2.35. The second kappa shape index (κ2) is 7.67. The number of hydrogen-bond donors (Lipinski definition) is 1. The van der Waals surface area contributed by atoms with Crippen molar-refractivity contribution in [2.75, 3.05) is 26.2 Å². The summed E-state index contributed by atoms with van der Waals surface area (Å²) in [7, 11) is 0. The normalized spacial score (nSPS) is 15.0. The third kappa shape index (κ3) is 3.73. The van der Waals surface area contributed by atoms with Crippen LogP contribution >= 0.6 is 0 Å². The number of hydrogen-bond acceptors (Lipinski definition) is 5. The van der Waals surface area contributed by atoms with Crippen LogP contribution in [0.15, 0.2) is 51.7 Å². The number of nitrogens with zero attached hydrogens (tertiary/aromatic N) is 2. The first-order valence-corrected chi connectivity index (χ1v) is 9.45. The van der Waals surface area contributed by atoms with Crippen molar-refractivity contribution in [2.24, 2.45) is 0 Å². The van der Waals surface area contributed by atoms with Gasteiger partial charge in [-0.1, -0.05) is 12.1 Å². The van der Waals surface area contributed by atoms with Gasteiger partial charge in [-0.2, -0.15) is 0 Å². The van der Waals surface area contributed by atoms with Crippen molar-refractivity contribution in [3.8, 4) is 5.75 Å². The molecule has 0 saturated carbocycles. The van der Waals surface area contributed by atoms with Crippen LogP contribution in [0.4, 0.5) is 4.39 Å². The minimum atomic E-state index is -0.513. The van der Waals surface area contributed by atoms with Crippen molar-refractivity contribution in [3.05, 3.63) is 75.4 Å². The van der Waals surface area contributed by atoms with Gasteiger partial charge in [0.05, 0.1) is 5.56 Å². The van der Waals surface area contributed by atoms with E-state index in [9.17, 15) is 19.1 Å². The summed E-state index contributed by atoms with van der Waals surface area (Å²) in [5.74, 6) is -0.737. The number of fused-ring (bicyclic) bond motifs is 1. The number of piperazine rings is 1. The van der Waals surface area contributed by atoms with Crippen LogP contribution in [0.2, 0.25) is 0 Å². The summed E-state index contributed by atoms with van der Waals surface area (Å²) in [5, 5.41) is 10.7.